The molecule has 0 amide bonds. The standard InChI is InChI=1S/C10H15N/c1-3-5-6-7-8-10(4-2)9-11/h2-3,5-8H2,1H3. The fourth-order valence-corrected chi connectivity index (χ4v) is 0.912. The van der Waals surface area contributed by atoms with Crippen molar-refractivity contribution in [2.75, 3.05) is 0 Å². The third kappa shape index (κ3) is 5.45. The Kier molecular flexibility index (Phi) is 6.48. The summed E-state index contributed by atoms with van der Waals surface area (Å²) in [6.45, 7) is 5.62. The van der Waals surface area contributed by atoms with Crippen LogP contribution in [0.3, 0.4) is 0 Å². The molecule has 0 atom stereocenters. The van der Waals surface area contributed by atoms with Gasteiger partial charge >= 0.3 is 0 Å². The molecule has 0 bridgehead atoms. The second-order valence-corrected chi connectivity index (χ2v) is 2.58. The Balaban J connectivity index is 3.40. The van der Waals surface area contributed by atoms with Crippen LogP contribution < -0.4 is 0 Å². The molecular weight excluding hydrogens is 134 g/mol. The van der Waals surface area contributed by atoms with Crippen LogP contribution in [0, 0.1) is 11.3 Å². The molecule has 0 N–H and O–H groups in total. The Bertz CT molecular complexity index is 180. The monoisotopic (exact) mass is 149 g/mol. The Morgan fingerprint density at radius 1 is 1.36 bits per heavy atom. The first-order valence-corrected chi connectivity index (χ1v) is 4.14. The lowest BCUT2D eigenvalue weighted by Crippen LogP contribution is -1.79. The van der Waals surface area contributed by atoms with Crippen LogP contribution in [-0.4, -0.2) is 0 Å². The maximum Gasteiger partial charge on any atom is 0.103 e. The minimum absolute atomic E-state index is 0.695. The molecule has 1 heteroatoms. The normalized spacial score (nSPS) is 8.36. The van der Waals surface area contributed by atoms with Crippen LogP contribution in [0.4, 0.5) is 0 Å². The van der Waals surface area contributed by atoms with Crippen molar-refractivity contribution in [3.63, 3.8) is 0 Å². The molecule has 0 fully saturated rings. The van der Waals surface area contributed by atoms with E-state index < -0.39 is 0 Å². The van der Waals surface area contributed by atoms with Crippen molar-refractivity contribution in [3.8, 4) is 6.07 Å². The SMILES string of the molecule is C=C=C(C#N)CCCCCC. The van der Waals surface area contributed by atoms with Gasteiger partial charge in [0.15, 0.2) is 0 Å². The van der Waals surface area contributed by atoms with E-state index in [9.17, 15) is 0 Å². The number of unbranched alkanes of at least 4 members (excludes halogenated alkanes) is 3. The first-order chi connectivity index (χ1) is 5.35. The highest BCUT2D eigenvalue weighted by Gasteiger charge is 1.92. The number of allylic oxidation sites excluding steroid dienone is 1. The summed E-state index contributed by atoms with van der Waals surface area (Å²) in [7, 11) is 0. The Morgan fingerprint density at radius 2 is 2.09 bits per heavy atom. The van der Waals surface area contributed by atoms with Crippen LogP contribution in [-0.2, 0) is 0 Å². The van der Waals surface area contributed by atoms with Crippen LogP contribution in [0.15, 0.2) is 17.9 Å². The smallest absolute Gasteiger partial charge is 0.103 e. The third-order valence-electron chi connectivity index (χ3n) is 1.63. The van der Waals surface area contributed by atoms with Gasteiger partial charge in [-0.15, -0.1) is 5.73 Å². The largest absolute Gasteiger partial charge is 0.192 e. The molecule has 0 heterocycles. The van der Waals surface area contributed by atoms with Crippen molar-refractivity contribution in [2.24, 2.45) is 0 Å². The summed E-state index contributed by atoms with van der Waals surface area (Å²) in [5.74, 6) is 0. The van der Waals surface area contributed by atoms with E-state index in [0.29, 0.717) is 5.57 Å². The van der Waals surface area contributed by atoms with Gasteiger partial charge < -0.3 is 0 Å². The van der Waals surface area contributed by atoms with E-state index in [-0.39, 0.29) is 0 Å². The van der Waals surface area contributed by atoms with Crippen LogP contribution in [0.5, 0.6) is 0 Å². The third-order valence-corrected chi connectivity index (χ3v) is 1.63. The predicted molar refractivity (Wildman–Crippen MR) is 47.0 cm³/mol. The molecule has 0 aliphatic carbocycles. The number of hydrogen-bond acceptors (Lipinski definition) is 1. The van der Waals surface area contributed by atoms with Crippen molar-refractivity contribution in [1.82, 2.24) is 0 Å². The molecule has 0 radical (unpaired) electrons. The van der Waals surface area contributed by atoms with Crippen molar-refractivity contribution in [2.45, 2.75) is 39.0 Å². The average Bonchev–Trinajstić information content (AvgIpc) is 2.05. The van der Waals surface area contributed by atoms with Crippen LogP contribution in [0.1, 0.15) is 39.0 Å². The van der Waals surface area contributed by atoms with Crippen molar-refractivity contribution < 1.29 is 0 Å². The zero-order chi connectivity index (χ0) is 8.53. The molecule has 0 saturated heterocycles. The minimum Gasteiger partial charge on any atom is -0.192 e. The van der Waals surface area contributed by atoms with Crippen LogP contribution in [0.25, 0.3) is 0 Å². The number of nitriles is 1. The molecule has 11 heavy (non-hydrogen) atoms. The van der Waals surface area contributed by atoms with Crippen molar-refractivity contribution >= 4 is 0 Å². The van der Waals surface area contributed by atoms with Gasteiger partial charge in [0, 0.05) is 0 Å². The van der Waals surface area contributed by atoms with Gasteiger partial charge in [0.2, 0.25) is 0 Å². The number of rotatable bonds is 5. The Morgan fingerprint density at radius 3 is 2.55 bits per heavy atom. The van der Waals surface area contributed by atoms with E-state index in [0.717, 1.165) is 12.8 Å². The summed E-state index contributed by atoms with van der Waals surface area (Å²) in [5.41, 5.74) is 3.33. The molecule has 0 rings (SSSR count). The Labute approximate surface area is 69.0 Å². The topological polar surface area (TPSA) is 23.8 Å². The molecule has 0 unspecified atom stereocenters. The summed E-state index contributed by atoms with van der Waals surface area (Å²) >= 11 is 0. The summed E-state index contributed by atoms with van der Waals surface area (Å²) in [6.07, 6.45) is 5.65. The summed E-state index contributed by atoms with van der Waals surface area (Å²) in [6, 6.07) is 2.07. The first kappa shape index (κ1) is 10.0. The highest BCUT2D eigenvalue weighted by atomic mass is 14.2. The van der Waals surface area contributed by atoms with Crippen molar-refractivity contribution in [1.29, 1.82) is 5.26 Å². The molecule has 0 aliphatic heterocycles. The summed E-state index contributed by atoms with van der Waals surface area (Å²) in [4.78, 5) is 0. The zero-order valence-electron chi connectivity index (χ0n) is 7.19. The van der Waals surface area contributed by atoms with Gasteiger partial charge in [0.1, 0.15) is 6.07 Å². The highest BCUT2D eigenvalue weighted by molar-refractivity contribution is 5.18. The number of hydrogen-bond donors (Lipinski definition) is 0. The summed E-state index contributed by atoms with van der Waals surface area (Å²) in [5, 5.41) is 8.49. The molecule has 0 aromatic rings. The molecular formula is C10H15N. The van der Waals surface area contributed by atoms with Gasteiger partial charge in [-0.25, -0.2) is 0 Å². The highest BCUT2D eigenvalue weighted by Crippen LogP contribution is 2.07. The van der Waals surface area contributed by atoms with Gasteiger partial charge in [-0.05, 0) is 12.8 Å². The van der Waals surface area contributed by atoms with E-state index in [1.807, 2.05) is 0 Å². The quantitative estimate of drug-likeness (QED) is 0.334. The average molecular weight is 149 g/mol. The zero-order valence-corrected chi connectivity index (χ0v) is 7.19. The molecule has 0 spiro atoms. The molecule has 0 saturated carbocycles. The molecule has 0 aromatic carbocycles. The van der Waals surface area contributed by atoms with Crippen LogP contribution in [0.2, 0.25) is 0 Å². The van der Waals surface area contributed by atoms with Crippen LogP contribution >= 0.6 is 0 Å². The number of nitrogens with zero attached hydrogens (tertiary/aromatic N) is 1. The Hall–Kier alpha value is -0.990. The molecule has 0 aliphatic rings. The fraction of sp³-hybridized carbons (Fsp3) is 0.600. The lowest BCUT2D eigenvalue weighted by Gasteiger charge is -1.95. The maximum absolute atomic E-state index is 8.49. The predicted octanol–water partition coefficient (Wildman–Crippen LogP) is 3.19. The van der Waals surface area contributed by atoms with E-state index in [2.05, 4.69) is 25.3 Å². The molecule has 1 nitrogen and oxygen atoms in total. The van der Waals surface area contributed by atoms with Gasteiger partial charge in [0.05, 0.1) is 5.57 Å². The summed E-state index contributed by atoms with van der Waals surface area (Å²) < 4.78 is 0. The van der Waals surface area contributed by atoms with E-state index in [1.165, 1.54) is 19.3 Å². The minimum atomic E-state index is 0.695. The van der Waals surface area contributed by atoms with E-state index in [4.69, 9.17) is 5.26 Å². The molecule has 0 aromatic heterocycles. The van der Waals surface area contributed by atoms with Gasteiger partial charge in [0.25, 0.3) is 0 Å². The van der Waals surface area contributed by atoms with E-state index >= 15 is 0 Å². The van der Waals surface area contributed by atoms with E-state index in [1.54, 1.807) is 0 Å². The maximum atomic E-state index is 8.49. The molecule has 60 valence electrons. The van der Waals surface area contributed by atoms with Crippen molar-refractivity contribution in [3.05, 3.63) is 17.9 Å². The van der Waals surface area contributed by atoms with Gasteiger partial charge in [-0.3, -0.25) is 0 Å². The van der Waals surface area contributed by atoms with Gasteiger partial charge in [-0.1, -0.05) is 32.8 Å². The first-order valence-electron chi connectivity index (χ1n) is 4.14. The second-order valence-electron chi connectivity index (χ2n) is 2.58. The van der Waals surface area contributed by atoms with Gasteiger partial charge in [-0.2, -0.15) is 5.26 Å². The lowest BCUT2D eigenvalue weighted by molar-refractivity contribution is 0.669. The fourth-order valence-electron chi connectivity index (χ4n) is 0.912. The lowest BCUT2D eigenvalue weighted by atomic mass is 10.1. The second kappa shape index (κ2) is 7.12.